The van der Waals surface area contributed by atoms with E-state index < -0.39 is 5.97 Å². The van der Waals surface area contributed by atoms with Crippen LogP contribution >= 0.6 is 23.2 Å². The van der Waals surface area contributed by atoms with Gasteiger partial charge in [0.25, 0.3) is 0 Å². The molecule has 0 spiro atoms. The number of nitrogens with one attached hydrogen (secondary N) is 1. The van der Waals surface area contributed by atoms with Gasteiger partial charge in [-0.3, -0.25) is 9.59 Å². The number of benzene rings is 1. The predicted molar refractivity (Wildman–Crippen MR) is 65.2 cm³/mol. The molecular formula is C11H11Cl2NO3. The minimum absolute atomic E-state index is 0.133. The monoisotopic (exact) mass is 275 g/mol. The van der Waals surface area contributed by atoms with E-state index in [-0.39, 0.29) is 18.9 Å². The Labute approximate surface area is 109 Å². The maximum Gasteiger partial charge on any atom is 0.325 e. The average Bonchev–Trinajstić information content (AvgIpc) is 2.31. The van der Waals surface area contributed by atoms with Crippen molar-refractivity contribution in [3.63, 3.8) is 0 Å². The zero-order valence-corrected chi connectivity index (χ0v) is 10.6. The Balaban J connectivity index is 2.50. The van der Waals surface area contributed by atoms with Gasteiger partial charge in [0.15, 0.2) is 0 Å². The lowest BCUT2D eigenvalue weighted by atomic mass is 10.1. The number of halogens is 2. The van der Waals surface area contributed by atoms with E-state index in [0.717, 1.165) is 5.56 Å². The van der Waals surface area contributed by atoms with Crippen LogP contribution in [-0.4, -0.2) is 25.5 Å². The topological polar surface area (TPSA) is 55.4 Å². The summed E-state index contributed by atoms with van der Waals surface area (Å²) < 4.78 is 4.39. The van der Waals surface area contributed by atoms with Crippen LogP contribution in [0.25, 0.3) is 0 Å². The fraction of sp³-hybridized carbons (Fsp3) is 0.273. The molecule has 6 heteroatoms. The van der Waals surface area contributed by atoms with Gasteiger partial charge in [-0.25, -0.2) is 0 Å². The molecule has 1 amide bonds. The highest BCUT2D eigenvalue weighted by molar-refractivity contribution is 6.42. The standard InChI is InChI=1S/C11H11Cl2NO3/c1-17-11(16)6-14-10(15)5-7-2-3-8(12)9(13)4-7/h2-4H,5-6H2,1H3,(H,14,15). The zero-order chi connectivity index (χ0) is 12.8. The van der Waals surface area contributed by atoms with E-state index in [1.165, 1.54) is 7.11 Å². The Kier molecular flexibility index (Phi) is 5.25. The largest absolute Gasteiger partial charge is 0.468 e. The van der Waals surface area contributed by atoms with E-state index in [9.17, 15) is 9.59 Å². The number of amides is 1. The van der Waals surface area contributed by atoms with E-state index in [4.69, 9.17) is 23.2 Å². The van der Waals surface area contributed by atoms with Gasteiger partial charge in [0, 0.05) is 0 Å². The van der Waals surface area contributed by atoms with Crippen LogP contribution in [0.2, 0.25) is 10.0 Å². The van der Waals surface area contributed by atoms with Crippen LogP contribution in [0.15, 0.2) is 18.2 Å². The van der Waals surface area contributed by atoms with Crippen molar-refractivity contribution in [1.82, 2.24) is 5.32 Å². The first-order valence-electron chi connectivity index (χ1n) is 4.80. The smallest absolute Gasteiger partial charge is 0.325 e. The molecule has 0 saturated heterocycles. The van der Waals surface area contributed by atoms with Crippen LogP contribution in [0.1, 0.15) is 5.56 Å². The van der Waals surface area contributed by atoms with Crippen molar-refractivity contribution in [3.05, 3.63) is 33.8 Å². The lowest BCUT2D eigenvalue weighted by molar-refractivity contribution is -0.141. The fourth-order valence-corrected chi connectivity index (χ4v) is 1.46. The summed E-state index contributed by atoms with van der Waals surface area (Å²) in [7, 11) is 1.26. The number of carbonyl (C=O) groups is 2. The molecule has 0 saturated carbocycles. The molecule has 4 nitrogen and oxygen atoms in total. The summed E-state index contributed by atoms with van der Waals surface area (Å²) in [6.45, 7) is -0.142. The van der Waals surface area contributed by atoms with Gasteiger partial charge in [0.2, 0.25) is 5.91 Å². The average molecular weight is 276 g/mol. The molecule has 92 valence electrons. The number of rotatable bonds is 4. The highest BCUT2D eigenvalue weighted by Gasteiger charge is 2.07. The van der Waals surface area contributed by atoms with Crippen LogP contribution in [0.3, 0.4) is 0 Å². The summed E-state index contributed by atoms with van der Waals surface area (Å²) in [4.78, 5) is 22.2. The molecule has 0 radical (unpaired) electrons. The molecule has 1 N–H and O–H groups in total. The first-order valence-corrected chi connectivity index (χ1v) is 5.56. The number of hydrogen-bond donors (Lipinski definition) is 1. The SMILES string of the molecule is COC(=O)CNC(=O)Cc1ccc(Cl)c(Cl)c1. The van der Waals surface area contributed by atoms with Crippen molar-refractivity contribution in [2.24, 2.45) is 0 Å². The summed E-state index contributed by atoms with van der Waals surface area (Å²) in [5.74, 6) is -0.777. The maximum atomic E-state index is 11.4. The zero-order valence-electron chi connectivity index (χ0n) is 9.13. The molecule has 17 heavy (non-hydrogen) atoms. The molecule has 0 heterocycles. The second-order valence-corrected chi connectivity index (χ2v) is 4.09. The molecule has 1 aromatic rings. The van der Waals surface area contributed by atoms with Crippen LogP contribution < -0.4 is 5.32 Å². The van der Waals surface area contributed by atoms with E-state index in [0.29, 0.717) is 10.0 Å². The van der Waals surface area contributed by atoms with Crippen molar-refractivity contribution in [3.8, 4) is 0 Å². The van der Waals surface area contributed by atoms with Crippen molar-refractivity contribution in [1.29, 1.82) is 0 Å². The summed E-state index contributed by atoms with van der Waals surface area (Å²) in [6, 6.07) is 4.93. The van der Waals surface area contributed by atoms with Crippen LogP contribution in [0.4, 0.5) is 0 Å². The Morgan fingerprint density at radius 2 is 2.00 bits per heavy atom. The number of ether oxygens (including phenoxy) is 1. The molecule has 0 bridgehead atoms. The van der Waals surface area contributed by atoms with Crippen molar-refractivity contribution in [2.45, 2.75) is 6.42 Å². The molecule has 0 atom stereocenters. The third-order valence-corrected chi connectivity index (χ3v) is 2.75. The second-order valence-electron chi connectivity index (χ2n) is 3.28. The van der Waals surface area contributed by atoms with Crippen molar-refractivity contribution in [2.75, 3.05) is 13.7 Å². The molecule has 0 aliphatic carbocycles. The van der Waals surface area contributed by atoms with Gasteiger partial charge in [-0.2, -0.15) is 0 Å². The molecule has 0 fully saturated rings. The van der Waals surface area contributed by atoms with E-state index in [2.05, 4.69) is 10.1 Å². The van der Waals surface area contributed by atoms with Crippen LogP contribution in [-0.2, 0) is 20.7 Å². The van der Waals surface area contributed by atoms with E-state index >= 15 is 0 Å². The first-order chi connectivity index (χ1) is 8.02. The fourth-order valence-electron chi connectivity index (χ4n) is 1.14. The van der Waals surface area contributed by atoms with Crippen molar-refractivity contribution < 1.29 is 14.3 Å². The molecule has 0 unspecified atom stereocenters. The maximum absolute atomic E-state index is 11.4. The third kappa shape index (κ3) is 4.63. The van der Waals surface area contributed by atoms with Gasteiger partial charge in [-0.05, 0) is 17.7 Å². The highest BCUT2D eigenvalue weighted by Crippen LogP contribution is 2.22. The molecule has 0 aliphatic heterocycles. The lowest BCUT2D eigenvalue weighted by Crippen LogP contribution is -2.31. The summed E-state index contributed by atoms with van der Waals surface area (Å²) in [5.41, 5.74) is 0.724. The quantitative estimate of drug-likeness (QED) is 0.853. The molecular weight excluding hydrogens is 265 g/mol. The van der Waals surface area contributed by atoms with Gasteiger partial charge < -0.3 is 10.1 Å². The number of esters is 1. The predicted octanol–water partition coefficient (Wildman–Crippen LogP) is 1.83. The molecule has 1 aromatic carbocycles. The number of carbonyl (C=O) groups excluding carboxylic acids is 2. The lowest BCUT2D eigenvalue weighted by Gasteiger charge is -2.05. The number of methoxy groups -OCH3 is 1. The van der Waals surface area contributed by atoms with Gasteiger partial charge in [0.1, 0.15) is 6.54 Å². The Morgan fingerprint density at radius 1 is 1.29 bits per heavy atom. The second kappa shape index (κ2) is 6.47. The molecule has 0 aromatic heterocycles. The van der Waals surface area contributed by atoms with Gasteiger partial charge in [-0.15, -0.1) is 0 Å². The summed E-state index contributed by atoms with van der Waals surface area (Å²) in [6.07, 6.45) is 0.133. The van der Waals surface area contributed by atoms with Gasteiger partial charge in [-0.1, -0.05) is 29.3 Å². The summed E-state index contributed by atoms with van der Waals surface area (Å²) in [5, 5.41) is 3.26. The Bertz CT molecular complexity index is 435. The number of hydrogen-bond acceptors (Lipinski definition) is 3. The Morgan fingerprint density at radius 3 is 2.59 bits per heavy atom. The Hall–Kier alpha value is -1.26. The first kappa shape index (κ1) is 13.8. The summed E-state index contributed by atoms with van der Waals surface area (Å²) >= 11 is 11.6. The third-order valence-electron chi connectivity index (χ3n) is 2.01. The highest BCUT2D eigenvalue weighted by atomic mass is 35.5. The van der Waals surface area contributed by atoms with E-state index in [1.807, 2.05) is 0 Å². The minimum atomic E-state index is -0.493. The van der Waals surface area contributed by atoms with Crippen LogP contribution in [0.5, 0.6) is 0 Å². The van der Waals surface area contributed by atoms with Crippen molar-refractivity contribution >= 4 is 35.1 Å². The minimum Gasteiger partial charge on any atom is -0.468 e. The van der Waals surface area contributed by atoms with Crippen LogP contribution in [0, 0.1) is 0 Å². The normalized spacial score (nSPS) is 9.82. The van der Waals surface area contributed by atoms with E-state index in [1.54, 1.807) is 18.2 Å². The van der Waals surface area contributed by atoms with Gasteiger partial charge in [0.05, 0.1) is 23.6 Å². The molecule has 0 aliphatic rings. The van der Waals surface area contributed by atoms with Gasteiger partial charge >= 0.3 is 5.97 Å². The molecule has 1 rings (SSSR count).